The van der Waals surface area contributed by atoms with Gasteiger partial charge in [-0.15, -0.1) is 11.8 Å². The summed E-state index contributed by atoms with van der Waals surface area (Å²) < 4.78 is 5.67. The van der Waals surface area contributed by atoms with Crippen molar-refractivity contribution in [1.29, 1.82) is 0 Å². The van der Waals surface area contributed by atoms with E-state index in [1.165, 1.54) is 0 Å². The minimum Gasteiger partial charge on any atom is -0.494 e. The van der Waals surface area contributed by atoms with Crippen molar-refractivity contribution in [1.82, 2.24) is 0 Å². The first-order chi connectivity index (χ1) is 8.36. The van der Waals surface area contributed by atoms with Gasteiger partial charge in [0.05, 0.1) is 6.61 Å². The second-order valence-corrected chi connectivity index (χ2v) is 3.79. The topological polar surface area (TPSA) is 21.3 Å². The Morgan fingerprint density at radius 1 is 1.24 bits per heavy atom. The van der Waals surface area contributed by atoms with Gasteiger partial charge in [-0.25, -0.2) is 0 Å². The van der Waals surface area contributed by atoms with Crippen molar-refractivity contribution in [3.63, 3.8) is 0 Å². The summed E-state index contributed by atoms with van der Waals surface area (Å²) in [7, 11) is 1.91. The van der Waals surface area contributed by atoms with Gasteiger partial charge in [-0.1, -0.05) is 13.0 Å². The van der Waals surface area contributed by atoms with Crippen LogP contribution in [-0.2, 0) is 0 Å². The van der Waals surface area contributed by atoms with Crippen LogP contribution in [0.1, 0.15) is 32.6 Å². The van der Waals surface area contributed by atoms with Gasteiger partial charge in [-0.2, -0.15) is 0 Å². The summed E-state index contributed by atoms with van der Waals surface area (Å²) in [6.45, 7) is 2.84. The van der Waals surface area contributed by atoms with Crippen molar-refractivity contribution in [2.45, 2.75) is 32.6 Å². The van der Waals surface area contributed by atoms with Crippen molar-refractivity contribution < 1.29 is 4.74 Å². The number of benzene rings is 1. The summed E-state index contributed by atoms with van der Waals surface area (Å²) in [6.07, 6.45) is 4.10. The van der Waals surface area contributed by atoms with E-state index in [0.29, 0.717) is 0 Å². The van der Waals surface area contributed by atoms with Gasteiger partial charge in [0, 0.05) is 31.6 Å². The molecule has 1 aromatic rings. The molecule has 17 heavy (non-hydrogen) atoms. The largest absolute Gasteiger partial charge is 0.494 e. The van der Waals surface area contributed by atoms with Gasteiger partial charge in [-0.3, -0.25) is 0 Å². The molecule has 0 bridgehead atoms. The Kier molecular flexibility index (Phi) is 6.74. The van der Waals surface area contributed by atoms with E-state index < -0.39 is 0 Å². The predicted octanol–water partition coefficient (Wildman–Crippen LogP) is 3.69. The Labute approximate surface area is 104 Å². The zero-order valence-corrected chi connectivity index (χ0v) is 10.8. The predicted molar refractivity (Wildman–Crippen MR) is 73.4 cm³/mol. The van der Waals surface area contributed by atoms with E-state index in [2.05, 4.69) is 24.1 Å². The Morgan fingerprint density at radius 3 is 2.88 bits per heavy atom. The normalized spacial score (nSPS) is 9.29. The van der Waals surface area contributed by atoms with Gasteiger partial charge in [0.1, 0.15) is 5.75 Å². The monoisotopic (exact) mass is 231 g/mol. The van der Waals surface area contributed by atoms with Gasteiger partial charge in [0.15, 0.2) is 0 Å². The molecule has 1 rings (SSSR count). The lowest BCUT2D eigenvalue weighted by atomic mass is 10.2. The lowest BCUT2D eigenvalue weighted by molar-refractivity contribution is 0.308. The number of rotatable bonds is 6. The SMILES string of the molecule is CCC#CCCCCOc1cccc(NC)c1. The van der Waals surface area contributed by atoms with Gasteiger partial charge < -0.3 is 10.1 Å². The number of anilines is 1. The van der Waals surface area contributed by atoms with E-state index in [4.69, 9.17) is 4.74 Å². The fraction of sp³-hybridized carbons (Fsp3) is 0.467. The van der Waals surface area contributed by atoms with Crippen LogP contribution in [-0.4, -0.2) is 13.7 Å². The van der Waals surface area contributed by atoms with E-state index in [0.717, 1.165) is 43.7 Å². The highest BCUT2D eigenvalue weighted by Gasteiger charge is 1.94. The molecule has 0 saturated carbocycles. The van der Waals surface area contributed by atoms with E-state index in [1.54, 1.807) is 0 Å². The highest BCUT2D eigenvalue weighted by molar-refractivity contribution is 5.47. The Hall–Kier alpha value is -1.62. The van der Waals surface area contributed by atoms with E-state index >= 15 is 0 Å². The molecule has 0 aliphatic heterocycles. The van der Waals surface area contributed by atoms with Crippen LogP contribution in [0.3, 0.4) is 0 Å². The molecule has 1 aromatic carbocycles. The van der Waals surface area contributed by atoms with Crippen molar-refractivity contribution in [3.8, 4) is 17.6 Å². The number of hydrogen-bond acceptors (Lipinski definition) is 2. The van der Waals surface area contributed by atoms with Crippen molar-refractivity contribution in [3.05, 3.63) is 24.3 Å². The fourth-order valence-corrected chi connectivity index (χ4v) is 1.46. The van der Waals surface area contributed by atoms with Crippen LogP contribution in [0.5, 0.6) is 5.75 Å². The number of ether oxygens (including phenoxy) is 1. The maximum atomic E-state index is 5.67. The van der Waals surface area contributed by atoms with Crippen LogP contribution < -0.4 is 10.1 Å². The van der Waals surface area contributed by atoms with Gasteiger partial charge in [-0.05, 0) is 25.0 Å². The average Bonchev–Trinajstić information content (AvgIpc) is 2.38. The molecule has 0 heterocycles. The van der Waals surface area contributed by atoms with Crippen LogP contribution in [0, 0.1) is 11.8 Å². The van der Waals surface area contributed by atoms with Crippen molar-refractivity contribution in [2.75, 3.05) is 19.0 Å². The Morgan fingerprint density at radius 2 is 2.12 bits per heavy atom. The first-order valence-electron chi connectivity index (χ1n) is 6.23. The highest BCUT2D eigenvalue weighted by atomic mass is 16.5. The number of hydrogen-bond donors (Lipinski definition) is 1. The molecule has 0 unspecified atom stereocenters. The second kappa shape index (κ2) is 8.52. The lowest BCUT2D eigenvalue weighted by Crippen LogP contribution is -1.97. The quantitative estimate of drug-likeness (QED) is 0.595. The Balaban J connectivity index is 2.17. The molecule has 0 aliphatic rings. The molecule has 0 saturated heterocycles. The van der Waals surface area contributed by atoms with Crippen LogP contribution in [0.25, 0.3) is 0 Å². The molecule has 0 atom stereocenters. The molecule has 0 amide bonds. The standard InChI is InChI=1S/C15H21NO/c1-3-4-5-6-7-8-12-17-15-11-9-10-14(13-15)16-2/h9-11,13,16H,3,6-8,12H2,1-2H3. The minimum absolute atomic E-state index is 0.765. The maximum absolute atomic E-state index is 5.67. The van der Waals surface area contributed by atoms with Gasteiger partial charge in [0.25, 0.3) is 0 Å². The lowest BCUT2D eigenvalue weighted by Gasteiger charge is -2.07. The van der Waals surface area contributed by atoms with Crippen LogP contribution in [0.2, 0.25) is 0 Å². The molecule has 2 nitrogen and oxygen atoms in total. The first kappa shape index (κ1) is 13.4. The summed E-state index contributed by atoms with van der Waals surface area (Å²) >= 11 is 0. The summed E-state index contributed by atoms with van der Waals surface area (Å²) in [4.78, 5) is 0. The van der Waals surface area contributed by atoms with Crippen LogP contribution in [0.4, 0.5) is 5.69 Å². The fourth-order valence-electron chi connectivity index (χ4n) is 1.46. The summed E-state index contributed by atoms with van der Waals surface area (Å²) in [5.74, 6) is 7.14. The minimum atomic E-state index is 0.765. The maximum Gasteiger partial charge on any atom is 0.121 e. The third kappa shape index (κ3) is 5.87. The van der Waals surface area contributed by atoms with Crippen molar-refractivity contribution in [2.24, 2.45) is 0 Å². The first-order valence-corrected chi connectivity index (χ1v) is 6.23. The molecule has 0 aliphatic carbocycles. The van der Waals surface area contributed by atoms with Crippen molar-refractivity contribution >= 4 is 5.69 Å². The molecule has 1 N–H and O–H groups in total. The highest BCUT2D eigenvalue weighted by Crippen LogP contribution is 2.16. The molecule has 0 radical (unpaired) electrons. The third-order valence-corrected chi connectivity index (χ3v) is 2.39. The Bertz CT molecular complexity index is 376. The number of nitrogens with one attached hydrogen (secondary N) is 1. The van der Waals surface area contributed by atoms with Crippen LogP contribution in [0.15, 0.2) is 24.3 Å². The number of unbranched alkanes of at least 4 members (excludes halogenated alkanes) is 2. The molecule has 0 spiro atoms. The summed E-state index contributed by atoms with van der Waals surface area (Å²) in [5, 5.41) is 3.09. The van der Waals surface area contributed by atoms with Gasteiger partial charge >= 0.3 is 0 Å². The molecule has 92 valence electrons. The van der Waals surface area contributed by atoms with E-state index in [9.17, 15) is 0 Å². The smallest absolute Gasteiger partial charge is 0.121 e. The third-order valence-electron chi connectivity index (χ3n) is 2.39. The molecular weight excluding hydrogens is 210 g/mol. The summed E-state index contributed by atoms with van der Waals surface area (Å²) in [6, 6.07) is 8.01. The molecule has 0 aromatic heterocycles. The zero-order valence-electron chi connectivity index (χ0n) is 10.8. The van der Waals surface area contributed by atoms with Crippen LogP contribution >= 0.6 is 0 Å². The summed E-state index contributed by atoms with van der Waals surface area (Å²) in [5.41, 5.74) is 1.08. The van der Waals surface area contributed by atoms with Gasteiger partial charge in [0.2, 0.25) is 0 Å². The molecular formula is C15H21NO. The van der Waals surface area contributed by atoms with E-state index in [-0.39, 0.29) is 0 Å². The van der Waals surface area contributed by atoms with E-state index in [1.807, 2.05) is 31.3 Å². The average molecular weight is 231 g/mol. The zero-order chi connectivity index (χ0) is 12.3. The molecule has 0 fully saturated rings. The molecule has 2 heteroatoms. The second-order valence-electron chi connectivity index (χ2n) is 3.79.